The second kappa shape index (κ2) is 5.87. The van der Waals surface area contributed by atoms with Crippen molar-refractivity contribution in [1.82, 2.24) is 10.2 Å². The quantitative estimate of drug-likeness (QED) is 0.828. The number of nitrogens with one attached hydrogen (secondary N) is 1. The summed E-state index contributed by atoms with van der Waals surface area (Å²) in [6, 6.07) is 8.16. The highest BCUT2D eigenvalue weighted by Gasteiger charge is 2.34. The predicted octanol–water partition coefficient (Wildman–Crippen LogP) is 0.886. The van der Waals surface area contributed by atoms with E-state index >= 15 is 0 Å². The second-order valence-electron chi connectivity index (χ2n) is 3.86. The Balaban J connectivity index is 2.44. The molecular weight excluding hydrogens is 260 g/mol. The lowest BCUT2D eigenvalue weighted by atomic mass is 10.2. The molecule has 0 atom stereocenters. The molecular formula is C13H12N4O3. The fraction of sp³-hybridized carbons (Fsp3) is 0.154. The Hall–Kier alpha value is -2.83. The minimum absolute atomic E-state index is 0.0250. The van der Waals surface area contributed by atoms with Gasteiger partial charge in [0.25, 0.3) is 5.91 Å². The average molecular weight is 272 g/mol. The van der Waals surface area contributed by atoms with Crippen LogP contribution in [0.15, 0.2) is 40.3 Å². The Kier molecular flexibility index (Phi) is 3.99. The number of carbonyl (C=O) groups is 3. The SMILES string of the molecule is CCN1C(=O)NC(=Nc2ccccc2)C(=NC=O)C1=O. The van der Waals surface area contributed by atoms with Crippen molar-refractivity contribution in [3.8, 4) is 0 Å². The molecule has 0 bridgehead atoms. The molecule has 0 saturated carbocycles. The maximum absolute atomic E-state index is 12.1. The minimum atomic E-state index is -0.641. The Morgan fingerprint density at radius 1 is 1.25 bits per heavy atom. The third-order valence-electron chi connectivity index (χ3n) is 2.64. The zero-order valence-electron chi connectivity index (χ0n) is 10.7. The van der Waals surface area contributed by atoms with Gasteiger partial charge in [-0.3, -0.25) is 19.8 Å². The molecule has 0 spiro atoms. The van der Waals surface area contributed by atoms with Crippen molar-refractivity contribution in [2.75, 3.05) is 6.54 Å². The summed E-state index contributed by atoms with van der Waals surface area (Å²) in [4.78, 5) is 42.9. The molecule has 7 heteroatoms. The van der Waals surface area contributed by atoms with Gasteiger partial charge in [-0.2, -0.15) is 0 Å². The zero-order chi connectivity index (χ0) is 14.5. The number of aliphatic imine (C=N–C) groups is 2. The van der Waals surface area contributed by atoms with E-state index in [1.54, 1.807) is 31.2 Å². The molecule has 0 radical (unpaired) electrons. The summed E-state index contributed by atoms with van der Waals surface area (Å²) in [5, 5.41) is 2.46. The zero-order valence-corrected chi connectivity index (χ0v) is 10.7. The number of benzene rings is 1. The molecule has 1 heterocycles. The van der Waals surface area contributed by atoms with Gasteiger partial charge in [0.2, 0.25) is 6.41 Å². The van der Waals surface area contributed by atoms with Crippen LogP contribution in [0.5, 0.6) is 0 Å². The number of nitrogens with zero attached hydrogens (tertiary/aromatic N) is 3. The van der Waals surface area contributed by atoms with E-state index < -0.39 is 11.9 Å². The minimum Gasteiger partial charge on any atom is -0.290 e. The molecule has 1 aromatic rings. The molecule has 1 aliphatic heterocycles. The van der Waals surface area contributed by atoms with E-state index in [1.807, 2.05) is 6.07 Å². The van der Waals surface area contributed by atoms with Gasteiger partial charge in [0.05, 0.1) is 5.69 Å². The van der Waals surface area contributed by atoms with Crippen LogP contribution < -0.4 is 5.32 Å². The third-order valence-corrected chi connectivity index (χ3v) is 2.64. The molecule has 1 aliphatic rings. The molecule has 4 amide bonds. The van der Waals surface area contributed by atoms with Gasteiger partial charge in [-0.25, -0.2) is 14.8 Å². The first-order valence-electron chi connectivity index (χ1n) is 5.95. The predicted molar refractivity (Wildman–Crippen MR) is 73.0 cm³/mol. The maximum Gasteiger partial charge on any atom is 0.330 e. The molecule has 1 N–H and O–H groups in total. The van der Waals surface area contributed by atoms with Crippen molar-refractivity contribution in [2.24, 2.45) is 9.98 Å². The van der Waals surface area contributed by atoms with Crippen molar-refractivity contribution < 1.29 is 14.4 Å². The van der Waals surface area contributed by atoms with Crippen molar-refractivity contribution >= 4 is 35.6 Å². The van der Waals surface area contributed by atoms with Crippen LogP contribution in [0, 0.1) is 0 Å². The van der Waals surface area contributed by atoms with E-state index in [2.05, 4.69) is 15.3 Å². The van der Waals surface area contributed by atoms with Gasteiger partial charge >= 0.3 is 6.03 Å². The molecule has 102 valence electrons. The summed E-state index contributed by atoms with van der Waals surface area (Å²) in [6.45, 7) is 1.83. The fourth-order valence-corrected chi connectivity index (χ4v) is 1.72. The van der Waals surface area contributed by atoms with E-state index in [-0.39, 0.29) is 24.5 Å². The summed E-state index contributed by atoms with van der Waals surface area (Å²) in [5.41, 5.74) is 0.365. The number of para-hydroxylation sites is 1. The highest BCUT2D eigenvalue weighted by Crippen LogP contribution is 2.12. The second-order valence-corrected chi connectivity index (χ2v) is 3.86. The van der Waals surface area contributed by atoms with Gasteiger partial charge in [-0.05, 0) is 19.1 Å². The number of amides is 4. The molecule has 0 unspecified atom stereocenters. The van der Waals surface area contributed by atoms with Gasteiger partial charge in [-0.15, -0.1) is 0 Å². The van der Waals surface area contributed by atoms with E-state index in [1.165, 1.54) is 0 Å². The third kappa shape index (κ3) is 2.61. The van der Waals surface area contributed by atoms with Crippen LogP contribution in [0.3, 0.4) is 0 Å². The Labute approximate surface area is 115 Å². The van der Waals surface area contributed by atoms with Gasteiger partial charge in [0, 0.05) is 6.54 Å². The fourth-order valence-electron chi connectivity index (χ4n) is 1.72. The molecule has 20 heavy (non-hydrogen) atoms. The Bertz CT molecular complexity index is 607. The van der Waals surface area contributed by atoms with Crippen LogP contribution in [0.2, 0.25) is 0 Å². The highest BCUT2D eigenvalue weighted by molar-refractivity contribution is 6.70. The largest absolute Gasteiger partial charge is 0.330 e. The first-order chi connectivity index (χ1) is 9.67. The van der Waals surface area contributed by atoms with Gasteiger partial charge in [0.15, 0.2) is 11.5 Å². The summed E-state index contributed by atoms with van der Waals surface area (Å²) >= 11 is 0. The molecule has 1 fully saturated rings. The summed E-state index contributed by atoms with van der Waals surface area (Å²) in [5.74, 6) is -0.666. The number of carbonyl (C=O) groups excluding carboxylic acids is 3. The van der Waals surface area contributed by atoms with E-state index in [9.17, 15) is 14.4 Å². The average Bonchev–Trinajstić information content (AvgIpc) is 2.44. The van der Waals surface area contributed by atoms with Crippen LogP contribution in [-0.2, 0) is 9.59 Å². The molecule has 0 aromatic heterocycles. The lowest BCUT2D eigenvalue weighted by Crippen LogP contribution is -2.58. The van der Waals surface area contributed by atoms with Crippen LogP contribution in [0.4, 0.5) is 10.5 Å². The number of amidine groups is 1. The molecule has 0 aliphatic carbocycles. The monoisotopic (exact) mass is 272 g/mol. The molecule has 2 rings (SSSR count). The Morgan fingerprint density at radius 3 is 2.55 bits per heavy atom. The molecule has 7 nitrogen and oxygen atoms in total. The lowest BCUT2D eigenvalue weighted by Gasteiger charge is -2.25. The smallest absolute Gasteiger partial charge is 0.290 e. The van der Waals surface area contributed by atoms with Crippen LogP contribution in [-0.4, -0.2) is 41.3 Å². The number of hydrogen-bond acceptors (Lipinski definition) is 4. The Morgan fingerprint density at radius 2 is 1.95 bits per heavy atom. The summed E-state index contributed by atoms with van der Waals surface area (Å²) in [7, 11) is 0. The number of imide groups is 1. The van der Waals surface area contributed by atoms with Crippen LogP contribution in [0.1, 0.15) is 6.92 Å². The maximum atomic E-state index is 12.1. The van der Waals surface area contributed by atoms with Crippen LogP contribution in [0.25, 0.3) is 0 Å². The molecule has 1 aromatic carbocycles. The van der Waals surface area contributed by atoms with Gasteiger partial charge in [0.1, 0.15) is 0 Å². The van der Waals surface area contributed by atoms with Crippen molar-refractivity contribution in [3.63, 3.8) is 0 Å². The van der Waals surface area contributed by atoms with Gasteiger partial charge < -0.3 is 0 Å². The topological polar surface area (TPSA) is 91.2 Å². The highest BCUT2D eigenvalue weighted by atomic mass is 16.2. The first kappa shape index (κ1) is 13.6. The number of rotatable bonds is 3. The van der Waals surface area contributed by atoms with Gasteiger partial charge in [-0.1, -0.05) is 18.2 Å². The summed E-state index contributed by atoms with van der Waals surface area (Å²) in [6.07, 6.45) is 0.249. The van der Waals surface area contributed by atoms with E-state index in [4.69, 9.17) is 0 Å². The van der Waals surface area contributed by atoms with Crippen LogP contribution >= 0.6 is 0 Å². The first-order valence-corrected chi connectivity index (χ1v) is 5.95. The molecule has 1 saturated heterocycles. The lowest BCUT2D eigenvalue weighted by molar-refractivity contribution is -0.121. The van der Waals surface area contributed by atoms with E-state index in [0.29, 0.717) is 5.69 Å². The standard InChI is InChI=1S/C13H12N4O3/c1-2-17-12(19)10(14-8-18)11(16-13(17)20)15-9-6-4-3-5-7-9/h3-8H,2H2,1H3,(H,15,16,20). The van der Waals surface area contributed by atoms with Crippen molar-refractivity contribution in [1.29, 1.82) is 0 Å². The van der Waals surface area contributed by atoms with Crippen molar-refractivity contribution in [3.05, 3.63) is 30.3 Å². The normalized spacial score (nSPS) is 19.4. The number of urea groups is 1. The van der Waals surface area contributed by atoms with E-state index in [0.717, 1.165) is 4.90 Å². The summed E-state index contributed by atoms with van der Waals surface area (Å²) < 4.78 is 0. The van der Waals surface area contributed by atoms with Crippen molar-refractivity contribution in [2.45, 2.75) is 6.92 Å². The number of hydrogen-bond donors (Lipinski definition) is 1.